The maximum atomic E-state index is 7.57. The van der Waals surface area contributed by atoms with Gasteiger partial charge in [-0.25, -0.2) is 0 Å². The Morgan fingerprint density at radius 2 is 1.24 bits per heavy atom. The van der Waals surface area contributed by atoms with Gasteiger partial charge in [-0.15, -0.1) is 0 Å². The molecule has 0 radical (unpaired) electrons. The summed E-state index contributed by atoms with van der Waals surface area (Å²) in [5.41, 5.74) is 2.85. The van der Waals surface area contributed by atoms with Gasteiger partial charge in [-0.3, -0.25) is 5.41 Å². The van der Waals surface area contributed by atoms with Crippen LogP contribution in [0, 0.1) is 5.41 Å². The maximum absolute atomic E-state index is 7.57. The van der Waals surface area contributed by atoms with E-state index in [-0.39, 0.29) is 0 Å². The SMILES string of the molecule is C=c1c(C2CCCCC2)cc(=C=N)cc1C1CCCCC1. The molecule has 0 aromatic heterocycles. The normalized spacial score (nSPS) is 21.1. The van der Waals surface area contributed by atoms with Crippen molar-refractivity contribution < 1.29 is 0 Å². The van der Waals surface area contributed by atoms with E-state index in [1.54, 1.807) is 0 Å². The molecule has 1 nitrogen and oxygen atoms in total. The molecule has 2 saturated carbocycles. The molecule has 0 amide bonds. The van der Waals surface area contributed by atoms with Crippen LogP contribution in [0.15, 0.2) is 12.1 Å². The van der Waals surface area contributed by atoms with Crippen LogP contribution in [0.2, 0.25) is 0 Å². The van der Waals surface area contributed by atoms with Crippen LogP contribution in [0.1, 0.15) is 87.2 Å². The van der Waals surface area contributed by atoms with Crippen molar-refractivity contribution >= 4 is 12.4 Å². The zero-order chi connectivity index (χ0) is 14.7. The number of nitrogens with one attached hydrogen (secondary N) is 1. The Balaban J connectivity index is 2.03. The smallest absolute Gasteiger partial charge is 0.0359 e. The molecule has 0 heterocycles. The standard InChI is InChI=1S/C20H27N/c1-15-19(17-8-4-2-5-9-17)12-16(14-21)13-20(15)18-10-6-3-7-11-18/h12-13,17-18,21H,1-11H2. The van der Waals surface area contributed by atoms with Crippen LogP contribution in [0.3, 0.4) is 0 Å². The molecule has 0 spiro atoms. The number of hydrogen-bond acceptors (Lipinski definition) is 1. The Morgan fingerprint density at radius 1 is 0.810 bits per heavy atom. The van der Waals surface area contributed by atoms with E-state index in [1.807, 2.05) is 0 Å². The third kappa shape index (κ3) is 3.14. The summed E-state index contributed by atoms with van der Waals surface area (Å²) in [5, 5.41) is 9.81. The predicted molar refractivity (Wildman–Crippen MR) is 89.7 cm³/mol. The highest BCUT2D eigenvalue weighted by Crippen LogP contribution is 2.33. The fourth-order valence-corrected chi connectivity index (χ4v) is 4.35. The molecular weight excluding hydrogens is 254 g/mol. The summed E-state index contributed by atoms with van der Waals surface area (Å²) < 4.78 is 0. The van der Waals surface area contributed by atoms with Crippen LogP contribution in [0.25, 0.3) is 6.58 Å². The topological polar surface area (TPSA) is 23.9 Å². The van der Waals surface area contributed by atoms with E-state index in [2.05, 4.69) is 24.6 Å². The van der Waals surface area contributed by atoms with Gasteiger partial charge < -0.3 is 0 Å². The molecule has 0 atom stereocenters. The summed E-state index contributed by atoms with van der Waals surface area (Å²) in [6.45, 7) is 4.46. The van der Waals surface area contributed by atoms with Gasteiger partial charge in [0.15, 0.2) is 0 Å². The molecule has 2 aliphatic rings. The maximum Gasteiger partial charge on any atom is 0.0359 e. The first-order valence-electron chi connectivity index (χ1n) is 8.72. The third-order valence-electron chi connectivity index (χ3n) is 5.55. The average molecular weight is 281 g/mol. The molecule has 3 rings (SSSR count). The lowest BCUT2D eigenvalue weighted by Gasteiger charge is -2.26. The minimum absolute atomic E-state index is 0.668. The first-order chi connectivity index (χ1) is 10.3. The largest absolute Gasteiger partial charge is 0.258 e. The van der Waals surface area contributed by atoms with Crippen molar-refractivity contribution in [3.05, 3.63) is 33.7 Å². The summed E-state index contributed by atoms with van der Waals surface area (Å²) in [5.74, 6) is 3.97. The van der Waals surface area contributed by atoms with E-state index >= 15 is 0 Å². The van der Waals surface area contributed by atoms with E-state index in [1.165, 1.54) is 80.6 Å². The van der Waals surface area contributed by atoms with Gasteiger partial charge in [-0.2, -0.15) is 0 Å². The van der Waals surface area contributed by atoms with Gasteiger partial charge in [0.25, 0.3) is 0 Å². The first kappa shape index (κ1) is 14.6. The van der Waals surface area contributed by atoms with E-state index in [4.69, 9.17) is 5.41 Å². The molecule has 0 unspecified atom stereocenters. The fraction of sp³-hybridized carbons (Fsp3) is 0.600. The fourth-order valence-electron chi connectivity index (χ4n) is 4.35. The minimum Gasteiger partial charge on any atom is -0.258 e. The first-order valence-corrected chi connectivity index (χ1v) is 8.72. The van der Waals surface area contributed by atoms with Gasteiger partial charge in [0.05, 0.1) is 0 Å². The molecule has 0 aliphatic heterocycles. The minimum atomic E-state index is 0.668. The zero-order valence-corrected chi connectivity index (χ0v) is 13.1. The van der Waals surface area contributed by atoms with Crippen molar-refractivity contribution in [2.45, 2.75) is 76.0 Å². The molecule has 1 N–H and O–H groups in total. The van der Waals surface area contributed by atoms with E-state index in [0.717, 1.165) is 5.22 Å². The Hall–Kier alpha value is -1.33. The third-order valence-corrected chi connectivity index (χ3v) is 5.55. The second-order valence-electron chi connectivity index (χ2n) is 6.93. The van der Waals surface area contributed by atoms with Crippen LogP contribution in [-0.2, 0) is 0 Å². The summed E-state index contributed by atoms with van der Waals surface area (Å²) >= 11 is 0. The molecule has 112 valence electrons. The zero-order valence-electron chi connectivity index (χ0n) is 13.1. The van der Waals surface area contributed by atoms with Crippen LogP contribution in [0.4, 0.5) is 0 Å². The molecular formula is C20H27N. The molecule has 0 saturated heterocycles. The number of rotatable bonds is 2. The van der Waals surface area contributed by atoms with Gasteiger partial charge >= 0.3 is 0 Å². The second-order valence-corrected chi connectivity index (χ2v) is 6.93. The van der Waals surface area contributed by atoms with Crippen LogP contribution in [-0.4, -0.2) is 5.87 Å². The quantitative estimate of drug-likeness (QED) is 0.789. The molecule has 1 aromatic carbocycles. The summed E-state index contributed by atoms with van der Waals surface area (Å²) in [4.78, 5) is 0. The van der Waals surface area contributed by atoms with Crippen molar-refractivity contribution in [1.29, 1.82) is 5.41 Å². The lowest BCUT2D eigenvalue weighted by molar-refractivity contribution is 0.432. The van der Waals surface area contributed by atoms with E-state index in [0.29, 0.717) is 11.8 Å². The highest BCUT2D eigenvalue weighted by Gasteiger charge is 2.21. The number of benzene rings is 1. The van der Waals surface area contributed by atoms with Gasteiger partial charge in [-0.05, 0) is 71.9 Å². The molecule has 2 fully saturated rings. The molecule has 1 heteroatoms. The Morgan fingerprint density at radius 3 is 1.62 bits per heavy atom. The Labute approximate surface area is 128 Å². The van der Waals surface area contributed by atoms with Gasteiger partial charge in [0.2, 0.25) is 0 Å². The lowest BCUT2D eigenvalue weighted by Crippen LogP contribution is -2.26. The number of hydrogen-bond donors (Lipinski definition) is 1. The van der Waals surface area contributed by atoms with Crippen molar-refractivity contribution in [1.82, 2.24) is 0 Å². The Bertz CT molecular complexity index is 567. The van der Waals surface area contributed by atoms with E-state index < -0.39 is 0 Å². The summed E-state index contributed by atoms with van der Waals surface area (Å²) in [7, 11) is 0. The lowest BCUT2D eigenvalue weighted by atomic mass is 9.78. The van der Waals surface area contributed by atoms with E-state index in [9.17, 15) is 0 Å². The second kappa shape index (κ2) is 6.62. The molecule has 2 aliphatic carbocycles. The van der Waals surface area contributed by atoms with Gasteiger partial charge in [0.1, 0.15) is 0 Å². The van der Waals surface area contributed by atoms with Gasteiger partial charge in [0, 0.05) is 5.22 Å². The van der Waals surface area contributed by atoms with Crippen LogP contribution < -0.4 is 10.4 Å². The highest BCUT2D eigenvalue weighted by atomic mass is 14.3. The van der Waals surface area contributed by atoms with Crippen molar-refractivity contribution in [2.24, 2.45) is 0 Å². The van der Waals surface area contributed by atoms with Crippen molar-refractivity contribution in [3.63, 3.8) is 0 Å². The van der Waals surface area contributed by atoms with Crippen molar-refractivity contribution in [2.75, 3.05) is 0 Å². The van der Waals surface area contributed by atoms with Crippen LogP contribution in [0.5, 0.6) is 0 Å². The predicted octanol–water partition coefficient (Wildman–Crippen LogP) is 4.11. The summed E-state index contributed by atoms with van der Waals surface area (Å²) in [6, 6.07) is 4.38. The average Bonchev–Trinajstić information content (AvgIpc) is 2.57. The molecule has 21 heavy (non-hydrogen) atoms. The van der Waals surface area contributed by atoms with Crippen LogP contribution >= 0.6 is 0 Å². The molecule has 0 bridgehead atoms. The molecule has 1 aromatic rings. The highest BCUT2D eigenvalue weighted by molar-refractivity contribution is 5.51. The Kier molecular flexibility index (Phi) is 4.60. The van der Waals surface area contributed by atoms with Crippen molar-refractivity contribution in [3.8, 4) is 0 Å². The summed E-state index contributed by atoms with van der Waals surface area (Å²) in [6.07, 6.45) is 13.4. The van der Waals surface area contributed by atoms with Gasteiger partial charge in [-0.1, -0.05) is 45.1 Å². The monoisotopic (exact) mass is 281 g/mol.